The van der Waals surface area contributed by atoms with E-state index in [4.69, 9.17) is 0 Å². The first-order chi connectivity index (χ1) is 11.4. The van der Waals surface area contributed by atoms with Crippen molar-refractivity contribution in [3.63, 3.8) is 0 Å². The molecule has 6 atom stereocenters. The Morgan fingerprint density at radius 1 is 1.29 bits per heavy atom. The molecule has 1 aromatic carbocycles. The zero-order valence-corrected chi connectivity index (χ0v) is 15.2. The molecule has 0 aliphatic heterocycles. The van der Waals surface area contributed by atoms with Gasteiger partial charge >= 0.3 is 0 Å². The van der Waals surface area contributed by atoms with Gasteiger partial charge in [-0.15, -0.1) is 0 Å². The molecule has 2 saturated carbocycles. The van der Waals surface area contributed by atoms with Crippen LogP contribution in [0.4, 0.5) is 0 Å². The summed E-state index contributed by atoms with van der Waals surface area (Å²) in [5, 5.41) is 20.6. The summed E-state index contributed by atoms with van der Waals surface area (Å²) in [5.41, 5.74) is 3.78. The number of nitriles is 1. The molecule has 0 amide bonds. The van der Waals surface area contributed by atoms with E-state index in [1.54, 1.807) is 0 Å². The van der Waals surface area contributed by atoms with E-state index in [9.17, 15) is 10.4 Å². The molecule has 0 spiro atoms. The van der Waals surface area contributed by atoms with Crippen LogP contribution >= 0.6 is 0 Å². The van der Waals surface area contributed by atoms with Crippen LogP contribution in [0.15, 0.2) is 18.2 Å². The summed E-state index contributed by atoms with van der Waals surface area (Å²) >= 11 is 0. The van der Waals surface area contributed by atoms with Crippen LogP contribution in [-0.2, 0) is 6.42 Å². The van der Waals surface area contributed by atoms with Gasteiger partial charge in [0.2, 0.25) is 0 Å². The second-order valence-electron chi connectivity index (χ2n) is 9.06. The average Bonchev–Trinajstić information content (AvgIpc) is 2.82. The highest BCUT2D eigenvalue weighted by Gasteiger charge is 2.61. The third-order valence-corrected chi connectivity index (χ3v) is 8.11. The smallest absolute Gasteiger partial charge is 0.0994 e. The first-order valence-electron chi connectivity index (χ1n) is 9.64. The van der Waals surface area contributed by atoms with Crippen LogP contribution in [-0.4, -0.2) is 11.2 Å². The van der Waals surface area contributed by atoms with Gasteiger partial charge < -0.3 is 5.11 Å². The molecule has 0 heterocycles. The topological polar surface area (TPSA) is 44.0 Å². The molecule has 0 bridgehead atoms. The van der Waals surface area contributed by atoms with E-state index < -0.39 is 0 Å². The van der Waals surface area contributed by atoms with E-state index in [-0.39, 0.29) is 16.9 Å². The summed E-state index contributed by atoms with van der Waals surface area (Å²) in [6, 6.07) is 8.69. The number of benzene rings is 1. The Morgan fingerprint density at radius 3 is 2.79 bits per heavy atom. The summed E-state index contributed by atoms with van der Waals surface area (Å²) in [5.74, 6) is 1.88. The van der Waals surface area contributed by atoms with E-state index in [1.165, 1.54) is 17.5 Å². The van der Waals surface area contributed by atoms with Crippen molar-refractivity contribution in [2.24, 2.45) is 22.7 Å². The molecule has 3 unspecified atom stereocenters. The lowest BCUT2D eigenvalue weighted by atomic mass is 9.55. The van der Waals surface area contributed by atoms with Crippen LogP contribution in [0.2, 0.25) is 0 Å². The summed E-state index contributed by atoms with van der Waals surface area (Å²) in [4.78, 5) is 0. The van der Waals surface area contributed by atoms with Crippen molar-refractivity contribution in [2.75, 3.05) is 0 Å². The fourth-order valence-electron chi connectivity index (χ4n) is 6.54. The summed E-state index contributed by atoms with van der Waals surface area (Å²) in [6.07, 6.45) is 6.55. The fourth-order valence-corrected chi connectivity index (χ4v) is 6.54. The lowest BCUT2D eigenvalue weighted by molar-refractivity contribution is -0.0511. The molecule has 3 aliphatic carbocycles. The predicted molar refractivity (Wildman–Crippen MR) is 95.6 cm³/mol. The molecule has 128 valence electrons. The number of rotatable bonds is 1. The molecule has 24 heavy (non-hydrogen) atoms. The van der Waals surface area contributed by atoms with Crippen LogP contribution < -0.4 is 0 Å². The van der Waals surface area contributed by atoms with Gasteiger partial charge in [-0.2, -0.15) is 5.26 Å². The Bertz CT molecular complexity index is 704. The number of fused-ring (bicyclic) bond motifs is 5. The molecule has 1 N–H and O–H groups in total. The number of aliphatic hydroxyl groups is 1. The van der Waals surface area contributed by atoms with E-state index in [1.807, 2.05) is 6.07 Å². The van der Waals surface area contributed by atoms with E-state index >= 15 is 0 Å². The van der Waals surface area contributed by atoms with Crippen LogP contribution in [0.3, 0.4) is 0 Å². The van der Waals surface area contributed by atoms with Crippen molar-refractivity contribution < 1.29 is 5.11 Å². The zero-order valence-electron chi connectivity index (χ0n) is 15.2. The molecule has 3 aliphatic rings. The molecule has 2 nitrogen and oxygen atoms in total. The van der Waals surface area contributed by atoms with E-state index in [0.29, 0.717) is 17.8 Å². The Hall–Kier alpha value is -1.33. The SMILES string of the molecule is CC[C@]1(C)CC2C3CCc4c(C#N)cccc4C3CC[C@]2(C)[C@H]1O. The Morgan fingerprint density at radius 2 is 2.08 bits per heavy atom. The lowest BCUT2D eigenvalue weighted by Gasteiger charge is -2.50. The minimum absolute atomic E-state index is 0.0725. The molecular formula is C22H29NO. The summed E-state index contributed by atoms with van der Waals surface area (Å²) in [7, 11) is 0. The van der Waals surface area contributed by atoms with Crippen molar-refractivity contribution in [3.8, 4) is 6.07 Å². The second kappa shape index (κ2) is 5.33. The van der Waals surface area contributed by atoms with Crippen LogP contribution in [0.1, 0.15) is 75.5 Å². The lowest BCUT2D eigenvalue weighted by Crippen LogP contribution is -2.45. The monoisotopic (exact) mass is 323 g/mol. The van der Waals surface area contributed by atoms with Crippen LogP contribution in [0.25, 0.3) is 0 Å². The van der Waals surface area contributed by atoms with Crippen molar-refractivity contribution >= 4 is 0 Å². The highest BCUT2D eigenvalue weighted by Crippen LogP contribution is 2.65. The third-order valence-electron chi connectivity index (χ3n) is 8.11. The van der Waals surface area contributed by atoms with Crippen molar-refractivity contribution in [3.05, 3.63) is 34.9 Å². The van der Waals surface area contributed by atoms with Gasteiger partial charge in [0, 0.05) is 0 Å². The van der Waals surface area contributed by atoms with Gasteiger partial charge in [0.15, 0.2) is 0 Å². The number of hydrogen-bond donors (Lipinski definition) is 1. The molecular weight excluding hydrogens is 294 g/mol. The minimum atomic E-state index is -0.173. The first-order valence-corrected chi connectivity index (χ1v) is 9.64. The van der Waals surface area contributed by atoms with Crippen LogP contribution in [0, 0.1) is 34.0 Å². The third kappa shape index (κ3) is 1.97. The highest BCUT2D eigenvalue weighted by molar-refractivity contribution is 5.46. The van der Waals surface area contributed by atoms with Gasteiger partial charge in [-0.3, -0.25) is 0 Å². The number of aliphatic hydroxyl groups excluding tert-OH is 1. The zero-order chi connectivity index (χ0) is 17.1. The largest absolute Gasteiger partial charge is 0.392 e. The molecule has 0 saturated heterocycles. The van der Waals surface area contributed by atoms with Gasteiger partial charge in [0.25, 0.3) is 0 Å². The molecule has 4 rings (SSSR count). The number of hydrogen-bond acceptors (Lipinski definition) is 2. The Balaban J connectivity index is 1.74. The van der Waals surface area contributed by atoms with Gasteiger partial charge in [-0.05, 0) is 84.3 Å². The second-order valence-corrected chi connectivity index (χ2v) is 9.06. The normalized spacial score (nSPS) is 43.5. The van der Waals surface area contributed by atoms with Crippen LogP contribution in [0.5, 0.6) is 0 Å². The molecule has 2 fully saturated rings. The maximum Gasteiger partial charge on any atom is 0.0994 e. The molecule has 1 aromatic rings. The molecule has 0 aromatic heterocycles. The summed E-state index contributed by atoms with van der Waals surface area (Å²) in [6.45, 7) is 6.87. The van der Waals surface area contributed by atoms with Crippen molar-refractivity contribution in [1.29, 1.82) is 5.26 Å². The molecule has 2 heteroatoms. The Labute approximate surface area is 145 Å². The highest BCUT2D eigenvalue weighted by atomic mass is 16.3. The predicted octanol–water partition coefficient (Wildman–Crippen LogP) is 4.80. The van der Waals surface area contributed by atoms with E-state index in [0.717, 1.165) is 37.7 Å². The van der Waals surface area contributed by atoms with Gasteiger partial charge in [0.05, 0.1) is 17.7 Å². The summed E-state index contributed by atoms with van der Waals surface area (Å²) < 4.78 is 0. The Kier molecular flexibility index (Phi) is 3.59. The van der Waals surface area contributed by atoms with Crippen molar-refractivity contribution in [2.45, 2.75) is 71.3 Å². The number of nitrogens with zero attached hydrogens (tertiary/aromatic N) is 1. The van der Waals surface area contributed by atoms with Gasteiger partial charge in [0.1, 0.15) is 0 Å². The van der Waals surface area contributed by atoms with Gasteiger partial charge in [-0.1, -0.05) is 32.9 Å². The molecule has 0 radical (unpaired) electrons. The first kappa shape index (κ1) is 16.2. The standard InChI is InChI=1S/C22H29NO/c1-4-21(2)12-19-18-9-8-15-14(13-23)6-5-7-16(15)17(18)10-11-22(19,3)20(21)24/h5-7,17-20,24H,4,8-12H2,1-3H3/t17?,18?,19?,20-,21+,22-/m0/s1. The van der Waals surface area contributed by atoms with Crippen molar-refractivity contribution in [1.82, 2.24) is 0 Å². The van der Waals surface area contributed by atoms with E-state index in [2.05, 4.69) is 39.0 Å². The van der Waals surface area contributed by atoms with Gasteiger partial charge in [-0.25, -0.2) is 0 Å². The fraction of sp³-hybridized carbons (Fsp3) is 0.682. The minimum Gasteiger partial charge on any atom is -0.392 e. The maximum absolute atomic E-state index is 11.1. The quantitative estimate of drug-likeness (QED) is 0.806. The average molecular weight is 323 g/mol. The maximum atomic E-state index is 11.1.